The van der Waals surface area contributed by atoms with Gasteiger partial charge >= 0.3 is 6.18 Å². The second-order valence-electron chi connectivity index (χ2n) is 11.9. The van der Waals surface area contributed by atoms with E-state index in [1.165, 1.54) is 11.0 Å². The summed E-state index contributed by atoms with van der Waals surface area (Å²) in [5.74, 6) is -3.09. The molecule has 1 fully saturated rings. The van der Waals surface area contributed by atoms with Crippen LogP contribution in [-0.4, -0.2) is 58.8 Å². The average Bonchev–Trinajstić information content (AvgIpc) is 3.26. The molecule has 0 unspecified atom stereocenters. The lowest BCUT2D eigenvalue weighted by atomic mass is 9.85. The standard InChI is InChI=1S/C30H35Cl2F4N7O3/c1-29(2,33)27(46)38-13-15-5-10-19(31)25(24(15)32)41-28-40-20-11-18(21(12-22(20)43(28)4)42(3)14-23(37)44)26(45)39-17-8-6-16(7-9-17)30(34,35)36/h5,10-12,16-17H,6-9,13-14H2,1-4H3,(H2,37,44)(H,38,46)(H,39,45)(H,40,41)/t16-,17-. The maximum absolute atomic E-state index is 14.0. The number of benzene rings is 2. The van der Waals surface area contributed by atoms with Gasteiger partial charge < -0.3 is 31.2 Å². The molecule has 1 saturated carbocycles. The molecule has 10 nitrogen and oxygen atoms in total. The number of imidazole rings is 1. The van der Waals surface area contributed by atoms with Crippen molar-refractivity contribution in [3.8, 4) is 0 Å². The van der Waals surface area contributed by atoms with Gasteiger partial charge in [0.1, 0.15) is 0 Å². The summed E-state index contributed by atoms with van der Waals surface area (Å²) in [7, 11) is 3.28. The van der Waals surface area contributed by atoms with E-state index >= 15 is 0 Å². The zero-order valence-corrected chi connectivity index (χ0v) is 27.1. The summed E-state index contributed by atoms with van der Waals surface area (Å²) in [6, 6.07) is 5.88. The highest BCUT2D eigenvalue weighted by Crippen LogP contribution is 2.39. The van der Waals surface area contributed by atoms with Crippen molar-refractivity contribution in [2.45, 2.75) is 64.0 Å². The van der Waals surface area contributed by atoms with Gasteiger partial charge in [0, 0.05) is 26.7 Å². The minimum atomic E-state index is -4.27. The molecule has 1 aliphatic carbocycles. The van der Waals surface area contributed by atoms with Crippen LogP contribution in [0, 0.1) is 5.92 Å². The van der Waals surface area contributed by atoms with Crippen molar-refractivity contribution in [3.05, 3.63) is 45.4 Å². The topological polar surface area (TPSA) is 134 Å². The third-order valence-electron chi connectivity index (χ3n) is 7.96. The van der Waals surface area contributed by atoms with Crippen molar-refractivity contribution < 1.29 is 31.9 Å². The SMILES string of the molecule is CN(CC(N)=O)c1cc2c(cc1C(=O)N[C@H]1CC[C@H](C(F)(F)F)CC1)nc(Nc1c(Cl)ccc(CNC(=O)C(C)(C)F)c1Cl)n2C. The maximum Gasteiger partial charge on any atom is 0.391 e. The number of nitrogens with one attached hydrogen (secondary N) is 3. The van der Waals surface area contributed by atoms with Gasteiger partial charge in [-0.3, -0.25) is 14.4 Å². The summed E-state index contributed by atoms with van der Waals surface area (Å²) in [5.41, 5.74) is 5.51. The zero-order chi connectivity index (χ0) is 34.1. The lowest BCUT2D eigenvalue weighted by molar-refractivity contribution is -0.182. The quantitative estimate of drug-likeness (QED) is 0.200. The fourth-order valence-corrected chi connectivity index (χ4v) is 5.86. The molecule has 46 heavy (non-hydrogen) atoms. The van der Waals surface area contributed by atoms with Gasteiger partial charge in [-0.2, -0.15) is 13.2 Å². The molecule has 0 aliphatic heterocycles. The minimum absolute atomic E-state index is 0.0642. The third kappa shape index (κ3) is 7.95. The summed E-state index contributed by atoms with van der Waals surface area (Å²) < 4.78 is 55.1. The number of rotatable bonds is 10. The van der Waals surface area contributed by atoms with Crippen LogP contribution in [-0.2, 0) is 23.2 Å². The number of likely N-dealkylation sites (N-methyl/N-ethyl adjacent to an activating group) is 1. The second kappa shape index (κ2) is 13.5. The summed E-state index contributed by atoms with van der Waals surface area (Å²) in [5, 5.41) is 8.83. The van der Waals surface area contributed by atoms with Gasteiger partial charge in [0.2, 0.25) is 11.9 Å². The number of carbonyl (C=O) groups excluding carboxylic acids is 3. The Labute approximate surface area is 273 Å². The smallest absolute Gasteiger partial charge is 0.368 e. The number of carbonyl (C=O) groups is 3. The van der Waals surface area contributed by atoms with Crippen LogP contribution in [0.15, 0.2) is 24.3 Å². The summed E-state index contributed by atoms with van der Waals surface area (Å²) in [6.07, 6.45) is -4.07. The predicted molar refractivity (Wildman–Crippen MR) is 169 cm³/mol. The first-order valence-electron chi connectivity index (χ1n) is 14.5. The van der Waals surface area contributed by atoms with Crippen molar-refractivity contribution in [2.75, 3.05) is 23.8 Å². The lowest BCUT2D eigenvalue weighted by Gasteiger charge is -2.30. The Bertz CT molecular complexity index is 1650. The number of hydrogen-bond acceptors (Lipinski definition) is 6. The highest BCUT2D eigenvalue weighted by molar-refractivity contribution is 6.39. The van der Waals surface area contributed by atoms with Crippen LogP contribution in [0.3, 0.4) is 0 Å². The molecule has 1 aliphatic rings. The molecule has 0 bridgehead atoms. The van der Waals surface area contributed by atoms with E-state index in [4.69, 9.17) is 28.9 Å². The van der Waals surface area contributed by atoms with Gasteiger partial charge in [0.05, 0.1) is 50.5 Å². The monoisotopic (exact) mass is 687 g/mol. The van der Waals surface area contributed by atoms with Gasteiger partial charge in [-0.25, -0.2) is 9.37 Å². The molecule has 16 heteroatoms. The van der Waals surface area contributed by atoms with E-state index < -0.39 is 41.5 Å². The first kappa shape index (κ1) is 35.1. The number of nitrogens with zero attached hydrogens (tertiary/aromatic N) is 3. The first-order chi connectivity index (χ1) is 21.4. The lowest BCUT2D eigenvalue weighted by Crippen LogP contribution is -2.40. The van der Waals surface area contributed by atoms with Gasteiger partial charge in [-0.05, 0) is 63.3 Å². The number of aromatic nitrogens is 2. The number of primary amides is 1. The molecule has 3 aromatic rings. The molecule has 4 rings (SSSR count). The molecule has 2 aromatic carbocycles. The van der Waals surface area contributed by atoms with Crippen LogP contribution in [0.2, 0.25) is 10.0 Å². The van der Waals surface area contributed by atoms with Crippen LogP contribution < -0.4 is 26.6 Å². The molecule has 1 heterocycles. The molecule has 0 atom stereocenters. The summed E-state index contributed by atoms with van der Waals surface area (Å²) in [6.45, 7) is 2.00. The molecule has 5 N–H and O–H groups in total. The minimum Gasteiger partial charge on any atom is -0.368 e. The largest absolute Gasteiger partial charge is 0.391 e. The number of halogens is 6. The van der Waals surface area contributed by atoms with Crippen molar-refractivity contribution in [3.63, 3.8) is 0 Å². The fraction of sp³-hybridized carbons (Fsp3) is 0.467. The molecule has 0 spiro atoms. The molecule has 0 radical (unpaired) electrons. The van der Waals surface area contributed by atoms with Crippen molar-refractivity contribution in [2.24, 2.45) is 18.7 Å². The van der Waals surface area contributed by atoms with Gasteiger partial charge in [-0.15, -0.1) is 0 Å². The Balaban J connectivity index is 1.65. The number of alkyl halides is 4. The van der Waals surface area contributed by atoms with Gasteiger partial charge in [0.15, 0.2) is 5.67 Å². The van der Waals surface area contributed by atoms with Gasteiger partial charge in [0.25, 0.3) is 11.8 Å². The fourth-order valence-electron chi connectivity index (χ4n) is 5.33. The molecule has 250 valence electrons. The van der Waals surface area contributed by atoms with Crippen molar-refractivity contribution in [1.29, 1.82) is 0 Å². The van der Waals surface area contributed by atoms with Crippen LogP contribution in [0.4, 0.5) is 34.9 Å². The molecule has 1 aromatic heterocycles. The Morgan fingerprint density at radius 3 is 2.33 bits per heavy atom. The van der Waals surface area contributed by atoms with Crippen LogP contribution in [0.25, 0.3) is 11.0 Å². The van der Waals surface area contributed by atoms with Crippen molar-refractivity contribution in [1.82, 2.24) is 20.2 Å². The Morgan fingerprint density at radius 2 is 1.74 bits per heavy atom. The van der Waals surface area contributed by atoms with E-state index in [0.717, 1.165) is 13.8 Å². The third-order valence-corrected chi connectivity index (χ3v) is 8.71. The average molecular weight is 689 g/mol. The van der Waals surface area contributed by atoms with Crippen LogP contribution >= 0.6 is 23.2 Å². The van der Waals surface area contributed by atoms with E-state index in [1.807, 2.05) is 0 Å². The van der Waals surface area contributed by atoms with Crippen LogP contribution in [0.1, 0.15) is 55.5 Å². The van der Waals surface area contributed by atoms with E-state index in [2.05, 4.69) is 20.9 Å². The number of hydrogen-bond donors (Lipinski definition) is 4. The Hall–Kier alpha value is -3.78. The number of fused-ring (bicyclic) bond motifs is 1. The molecular formula is C30H35Cl2F4N7O3. The second-order valence-corrected chi connectivity index (χ2v) is 12.7. The van der Waals surface area contributed by atoms with Crippen LogP contribution in [0.5, 0.6) is 0 Å². The number of aryl methyl sites for hydroxylation is 1. The first-order valence-corrected chi connectivity index (χ1v) is 15.2. The van der Waals surface area contributed by atoms with E-state index in [0.29, 0.717) is 22.3 Å². The number of nitrogens with two attached hydrogens (primary N) is 1. The Morgan fingerprint density at radius 1 is 1.09 bits per heavy atom. The molecule has 0 saturated heterocycles. The van der Waals surface area contributed by atoms with Gasteiger partial charge in [-0.1, -0.05) is 29.3 Å². The van der Waals surface area contributed by atoms with E-state index in [1.54, 1.807) is 36.9 Å². The van der Waals surface area contributed by atoms with E-state index in [9.17, 15) is 31.9 Å². The number of anilines is 3. The van der Waals surface area contributed by atoms with E-state index in [-0.39, 0.29) is 66.0 Å². The zero-order valence-electron chi connectivity index (χ0n) is 25.6. The summed E-state index contributed by atoms with van der Waals surface area (Å²) in [4.78, 5) is 43.4. The highest BCUT2D eigenvalue weighted by atomic mass is 35.5. The number of amides is 3. The molecule has 3 amide bonds. The predicted octanol–water partition coefficient (Wildman–Crippen LogP) is 5.76. The molecular weight excluding hydrogens is 653 g/mol. The normalized spacial score (nSPS) is 17.1. The summed E-state index contributed by atoms with van der Waals surface area (Å²) >= 11 is 13.1. The highest BCUT2D eigenvalue weighted by Gasteiger charge is 2.41. The maximum atomic E-state index is 14.0. The Kier molecular flexibility index (Phi) is 10.3. The van der Waals surface area contributed by atoms with Crippen molar-refractivity contribution >= 4 is 69.3 Å².